The summed E-state index contributed by atoms with van der Waals surface area (Å²) in [4.78, 5) is 0. The molecule has 2 rings (SSSR count). The van der Waals surface area contributed by atoms with Crippen molar-refractivity contribution >= 4 is 0 Å². The highest BCUT2D eigenvalue weighted by Crippen LogP contribution is 2.16. The van der Waals surface area contributed by atoms with Crippen molar-refractivity contribution in [2.45, 2.75) is 13.3 Å². The van der Waals surface area contributed by atoms with Gasteiger partial charge in [0.05, 0.1) is 11.4 Å². The molecule has 0 N–H and O–H groups in total. The molecule has 0 amide bonds. The van der Waals surface area contributed by atoms with Gasteiger partial charge in [-0.15, -0.1) is 0 Å². The third-order valence-electron chi connectivity index (χ3n) is 2.22. The lowest BCUT2D eigenvalue weighted by Crippen LogP contribution is -1.92. The predicted molar refractivity (Wildman–Crippen MR) is 56.8 cm³/mol. The molecule has 0 saturated carbocycles. The first-order valence-corrected chi connectivity index (χ1v) is 4.88. The van der Waals surface area contributed by atoms with Crippen LogP contribution in [0.3, 0.4) is 0 Å². The van der Waals surface area contributed by atoms with Crippen LogP contribution in [0.2, 0.25) is 0 Å². The van der Waals surface area contributed by atoms with Gasteiger partial charge in [0.25, 0.3) is 0 Å². The van der Waals surface area contributed by atoms with Crippen LogP contribution in [0.4, 0.5) is 4.39 Å². The highest BCUT2D eigenvalue weighted by atomic mass is 19.1. The molecule has 0 saturated heterocycles. The molecule has 2 nitrogen and oxygen atoms in total. The van der Waals surface area contributed by atoms with Crippen LogP contribution < -0.4 is 0 Å². The first-order valence-electron chi connectivity index (χ1n) is 4.88. The molecule has 76 valence electrons. The molecular weight excluding hydrogens is 191 g/mol. The average Bonchev–Trinajstić information content (AvgIpc) is 2.30. The van der Waals surface area contributed by atoms with Gasteiger partial charge in [-0.3, -0.25) is 0 Å². The Morgan fingerprint density at radius 1 is 1.00 bits per heavy atom. The highest BCUT2D eigenvalue weighted by molar-refractivity contribution is 5.58. The fourth-order valence-corrected chi connectivity index (χ4v) is 1.32. The number of aryl methyl sites for hydroxylation is 1. The number of hydrogen-bond acceptors (Lipinski definition) is 2. The predicted octanol–water partition coefficient (Wildman–Crippen LogP) is 2.85. The van der Waals surface area contributed by atoms with E-state index in [2.05, 4.69) is 10.2 Å². The summed E-state index contributed by atoms with van der Waals surface area (Å²) in [5.74, 6) is -0.239. The van der Waals surface area contributed by atoms with Crippen molar-refractivity contribution in [3.05, 3.63) is 47.9 Å². The first-order chi connectivity index (χ1) is 7.29. The van der Waals surface area contributed by atoms with Crippen LogP contribution in [0.15, 0.2) is 36.4 Å². The van der Waals surface area contributed by atoms with Gasteiger partial charge in [0.15, 0.2) is 0 Å². The van der Waals surface area contributed by atoms with Crippen LogP contribution in [0.5, 0.6) is 0 Å². The molecule has 0 fully saturated rings. The van der Waals surface area contributed by atoms with E-state index in [0.717, 1.165) is 23.4 Å². The fraction of sp³-hybridized carbons (Fsp3) is 0.167. The van der Waals surface area contributed by atoms with E-state index < -0.39 is 0 Å². The maximum atomic E-state index is 12.7. The fourth-order valence-electron chi connectivity index (χ4n) is 1.32. The molecule has 0 unspecified atom stereocenters. The zero-order valence-electron chi connectivity index (χ0n) is 8.44. The van der Waals surface area contributed by atoms with Gasteiger partial charge in [-0.2, -0.15) is 10.2 Å². The molecule has 0 aliphatic rings. The molecule has 1 aromatic carbocycles. The van der Waals surface area contributed by atoms with Gasteiger partial charge in [0.2, 0.25) is 0 Å². The van der Waals surface area contributed by atoms with Crippen molar-refractivity contribution in [2.75, 3.05) is 0 Å². The second-order valence-corrected chi connectivity index (χ2v) is 3.27. The molecule has 0 aliphatic carbocycles. The van der Waals surface area contributed by atoms with E-state index in [1.807, 2.05) is 19.1 Å². The summed E-state index contributed by atoms with van der Waals surface area (Å²) in [5.41, 5.74) is 2.61. The first kappa shape index (κ1) is 9.77. The van der Waals surface area contributed by atoms with Crippen LogP contribution in [-0.4, -0.2) is 10.2 Å². The smallest absolute Gasteiger partial charge is 0.123 e. The van der Waals surface area contributed by atoms with Gasteiger partial charge in [-0.25, -0.2) is 4.39 Å². The van der Waals surface area contributed by atoms with Crippen molar-refractivity contribution in [1.82, 2.24) is 10.2 Å². The summed E-state index contributed by atoms with van der Waals surface area (Å²) >= 11 is 0. The minimum Gasteiger partial charge on any atom is -0.207 e. The average molecular weight is 202 g/mol. The zero-order chi connectivity index (χ0) is 10.7. The molecule has 0 aliphatic heterocycles. The molecule has 0 spiro atoms. The van der Waals surface area contributed by atoms with Crippen molar-refractivity contribution < 1.29 is 4.39 Å². The van der Waals surface area contributed by atoms with Crippen LogP contribution in [-0.2, 0) is 6.42 Å². The lowest BCUT2D eigenvalue weighted by molar-refractivity contribution is 0.628. The second-order valence-electron chi connectivity index (χ2n) is 3.27. The van der Waals surface area contributed by atoms with Gasteiger partial charge in [0.1, 0.15) is 5.82 Å². The lowest BCUT2D eigenvalue weighted by Gasteiger charge is -2.00. The topological polar surface area (TPSA) is 25.8 Å². The number of hydrogen-bond donors (Lipinski definition) is 0. The van der Waals surface area contributed by atoms with Gasteiger partial charge in [-0.05, 0) is 42.8 Å². The Labute approximate surface area is 87.8 Å². The maximum absolute atomic E-state index is 12.7. The van der Waals surface area contributed by atoms with Gasteiger partial charge < -0.3 is 0 Å². The Morgan fingerprint density at radius 3 is 2.27 bits per heavy atom. The molecule has 1 heterocycles. The van der Waals surface area contributed by atoms with Gasteiger partial charge >= 0.3 is 0 Å². The Morgan fingerprint density at radius 2 is 1.73 bits per heavy atom. The maximum Gasteiger partial charge on any atom is 0.123 e. The quantitative estimate of drug-likeness (QED) is 0.748. The van der Waals surface area contributed by atoms with E-state index in [-0.39, 0.29) is 5.82 Å². The van der Waals surface area contributed by atoms with Crippen LogP contribution in [0, 0.1) is 5.82 Å². The number of benzene rings is 1. The summed E-state index contributed by atoms with van der Waals surface area (Å²) in [7, 11) is 0. The van der Waals surface area contributed by atoms with E-state index in [9.17, 15) is 4.39 Å². The summed E-state index contributed by atoms with van der Waals surface area (Å²) in [6.45, 7) is 2.03. The van der Waals surface area contributed by atoms with Crippen molar-refractivity contribution in [2.24, 2.45) is 0 Å². The zero-order valence-corrected chi connectivity index (χ0v) is 8.44. The summed E-state index contributed by atoms with van der Waals surface area (Å²) < 4.78 is 12.7. The molecule has 0 atom stereocenters. The van der Waals surface area contributed by atoms with E-state index in [1.54, 1.807) is 12.1 Å². The largest absolute Gasteiger partial charge is 0.207 e. The number of halogens is 1. The van der Waals surface area contributed by atoms with Crippen molar-refractivity contribution in [3.63, 3.8) is 0 Å². The number of nitrogens with zero attached hydrogens (tertiary/aromatic N) is 2. The minimum atomic E-state index is -0.239. The lowest BCUT2D eigenvalue weighted by atomic mass is 10.1. The van der Waals surface area contributed by atoms with Crippen LogP contribution in [0.1, 0.15) is 12.6 Å². The number of rotatable bonds is 2. The molecule has 0 radical (unpaired) electrons. The molecule has 0 bridgehead atoms. The minimum absolute atomic E-state index is 0.239. The third kappa shape index (κ3) is 2.18. The van der Waals surface area contributed by atoms with Crippen molar-refractivity contribution in [1.29, 1.82) is 0 Å². The second kappa shape index (κ2) is 4.17. The summed E-state index contributed by atoms with van der Waals surface area (Å²) in [5, 5.41) is 8.13. The van der Waals surface area contributed by atoms with E-state index in [1.165, 1.54) is 12.1 Å². The van der Waals surface area contributed by atoms with E-state index in [0.29, 0.717) is 0 Å². The Kier molecular flexibility index (Phi) is 2.72. The van der Waals surface area contributed by atoms with Crippen LogP contribution >= 0.6 is 0 Å². The molecule has 3 heteroatoms. The molecular formula is C12H11FN2. The van der Waals surface area contributed by atoms with Crippen LogP contribution in [0.25, 0.3) is 11.3 Å². The van der Waals surface area contributed by atoms with E-state index in [4.69, 9.17) is 0 Å². The SMILES string of the molecule is CCc1ccc(-c2ccc(F)cc2)nn1. The molecule has 2 aromatic rings. The highest BCUT2D eigenvalue weighted by Gasteiger charge is 2.00. The summed E-state index contributed by atoms with van der Waals surface area (Å²) in [6, 6.07) is 10.1. The Hall–Kier alpha value is -1.77. The van der Waals surface area contributed by atoms with Crippen molar-refractivity contribution in [3.8, 4) is 11.3 Å². The summed E-state index contributed by atoms with van der Waals surface area (Å²) in [6.07, 6.45) is 0.872. The monoisotopic (exact) mass is 202 g/mol. The Bertz CT molecular complexity index is 434. The Balaban J connectivity index is 2.33. The van der Waals surface area contributed by atoms with Gasteiger partial charge in [0, 0.05) is 5.56 Å². The number of aromatic nitrogens is 2. The van der Waals surface area contributed by atoms with E-state index >= 15 is 0 Å². The standard InChI is InChI=1S/C12H11FN2/c1-2-11-7-8-12(15-14-11)9-3-5-10(13)6-4-9/h3-8H,2H2,1H3. The normalized spacial score (nSPS) is 10.3. The molecule has 1 aromatic heterocycles. The van der Waals surface area contributed by atoms with Gasteiger partial charge in [-0.1, -0.05) is 6.92 Å². The molecule has 15 heavy (non-hydrogen) atoms. The third-order valence-corrected chi connectivity index (χ3v) is 2.22.